The summed E-state index contributed by atoms with van der Waals surface area (Å²) in [5.74, 6) is 1.49. The lowest BCUT2D eigenvalue weighted by atomic mass is 9.50. The van der Waals surface area contributed by atoms with E-state index in [-0.39, 0.29) is 10.8 Å². The molecule has 122 valence electrons. The van der Waals surface area contributed by atoms with E-state index in [4.69, 9.17) is 5.73 Å². The van der Waals surface area contributed by atoms with Gasteiger partial charge in [0.15, 0.2) is 0 Å². The molecule has 2 heteroatoms. The van der Waals surface area contributed by atoms with Crippen molar-refractivity contribution in [3.63, 3.8) is 0 Å². The minimum Gasteiger partial charge on any atom is -0.508 e. The van der Waals surface area contributed by atoms with Crippen molar-refractivity contribution in [3.05, 3.63) is 28.8 Å². The maximum Gasteiger partial charge on any atom is 0.119 e. The fourth-order valence-corrected chi connectivity index (χ4v) is 5.36. The molecule has 22 heavy (non-hydrogen) atoms. The zero-order valence-corrected chi connectivity index (χ0v) is 14.6. The zero-order valence-electron chi connectivity index (χ0n) is 14.6. The summed E-state index contributed by atoms with van der Waals surface area (Å²) < 4.78 is 0. The van der Waals surface area contributed by atoms with Crippen LogP contribution in [0.5, 0.6) is 5.75 Å². The Bertz CT molecular complexity index is 579. The van der Waals surface area contributed by atoms with Gasteiger partial charge in [0.2, 0.25) is 0 Å². The van der Waals surface area contributed by atoms with E-state index >= 15 is 0 Å². The van der Waals surface area contributed by atoms with E-state index in [1.807, 2.05) is 0 Å². The topological polar surface area (TPSA) is 46.2 Å². The monoisotopic (exact) mass is 301 g/mol. The first-order valence-electron chi connectivity index (χ1n) is 8.88. The third-order valence-electron chi connectivity index (χ3n) is 6.71. The molecule has 0 radical (unpaired) electrons. The van der Waals surface area contributed by atoms with Gasteiger partial charge < -0.3 is 10.8 Å². The fraction of sp³-hybridized carbons (Fsp3) is 0.700. The molecule has 0 amide bonds. The van der Waals surface area contributed by atoms with E-state index in [9.17, 15) is 5.11 Å². The predicted molar refractivity (Wildman–Crippen MR) is 92.4 cm³/mol. The summed E-state index contributed by atoms with van der Waals surface area (Å²) in [6, 6.07) is 4.35. The summed E-state index contributed by atoms with van der Waals surface area (Å²) in [5.41, 5.74) is 10.5. The Morgan fingerprint density at radius 3 is 2.64 bits per heavy atom. The Kier molecular flexibility index (Phi) is 3.79. The summed E-state index contributed by atoms with van der Waals surface area (Å²) in [6.45, 7) is 9.88. The van der Waals surface area contributed by atoms with Crippen molar-refractivity contribution < 1.29 is 5.11 Å². The lowest BCUT2D eigenvalue weighted by molar-refractivity contribution is 0.0325. The number of phenolic OH excluding ortho intramolecular Hbond substituents is 1. The Hall–Kier alpha value is -1.02. The summed E-state index contributed by atoms with van der Waals surface area (Å²) in [7, 11) is 0. The molecule has 3 atom stereocenters. The molecule has 2 aliphatic rings. The second-order valence-electron chi connectivity index (χ2n) is 8.44. The maximum absolute atomic E-state index is 10.5. The fourth-order valence-electron chi connectivity index (χ4n) is 5.36. The number of benzene rings is 1. The van der Waals surface area contributed by atoms with Crippen molar-refractivity contribution >= 4 is 0 Å². The number of aromatic hydroxyl groups is 1. The number of fused-ring (bicyclic) bond motifs is 3. The van der Waals surface area contributed by atoms with Gasteiger partial charge in [-0.2, -0.15) is 0 Å². The summed E-state index contributed by atoms with van der Waals surface area (Å²) >= 11 is 0. The van der Waals surface area contributed by atoms with Gasteiger partial charge in [-0.3, -0.25) is 0 Å². The highest BCUT2D eigenvalue weighted by molar-refractivity contribution is 5.48. The number of hydrogen-bond acceptors (Lipinski definition) is 2. The predicted octanol–water partition coefficient (Wildman–Crippen LogP) is 4.48. The smallest absolute Gasteiger partial charge is 0.119 e. The SMILES string of the molecule is CC(C)c1cc2c(cc1O)[C@@]1(C)CCC[C@@](C)(CN)[C@@H]1CC2. The molecule has 0 unspecified atom stereocenters. The van der Waals surface area contributed by atoms with Crippen molar-refractivity contribution in [2.24, 2.45) is 17.1 Å². The van der Waals surface area contributed by atoms with E-state index in [0.717, 1.165) is 18.5 Å². The van der Waals surface area contributed by atoms with Gasteiger partial charge in [0.05, 0.1) is 0 Å². The van der Waals surface area contributed by atoms with E-state index in [1.165, 1.54) is 36.8 Å². The lowest BCUT2D eigenvalue weighted by Gasteiger charge is -2.55. The number of rotatable bonds is 2. The molecule has 1 fully saturated rings. The Labute approximate surface area is 135 Å². The first-order valence-corrected chi connectivity index (χ1v) is 8.88. The molecule has 0 bridgehead atoms. The van der Waals surface area contributed by atoms with Gasteiger partial charge in [-0.1, -0.05) is 40.2 Å². The lowest BCUT2D eigenvalue weighted by Crippen LogP contribution is -2.51. The molecule has 3 N–H and O–H groups in total. The standard InChI is InChI=1S/C20H31NO/c1-13(2)15-10-14-6-7-18-19(3,12-21)8-5-9-20(18,4)16(14)11-17(15)22/h10-11,13,18,22H,5-9,12,21H2,1-4H3/t18-,19-,20+/m0/s1. The molecule has 0 aliphatic heterocycles. The van der Waals surface area contributed by atoms with Crippen molar-refractivity contribution in [3.8, 4) is 5.75 Å². The van der Waals surface area contributed by atoms with E-state index in [0.29, 0.717) is 17.6 Å². The van der Waals surface area contributed by atoms with Gasteiger partial charge in [0, 0.05) is 0 Å². The molecule has 0 spiro atoms. The van der Waals surface area contributed by atoms with Crippen LogP contribution in [0.15, 0.2) is 12.1 Å². The summed E-state index contributed by atoms with van der Waals surface area (Å²) in [6.07, 6.45) is 6.08. The number of nitrogens with two attached hydrogens (primary N) is 1. The van der Waals surface area contributed by atoms with Crippen molar-refractivity contribution in [1.29, 1.82) is 0 Å². The van der Waals surface area contributed by atoms with Crippen molar-refractivity contribution in [1.82, 2.24) is 0 Å². The van der Waals surface area contributed by atoms with Crippen LogP contribution in [-0.4, -0.2) is 11.7 Å². The highest BCUT2D eigenvalue weighted by atomic mass is 16.3. The average molecular weight is 301 g/mol. The molecule has 1 aromatic rings. The first-order chi connectivity index (χ1) is 10.3. The van der Waals surface area contributed by atoms with Crippen LogP contribution < -0.4 is 5.73 Å². The number of aryl methyl sites for hydroxylation is 1. The number of hydrogen-bond donors (Lipinski definition) is 2. The number of phenols is 1. The van der Waals surface area contributed by atoms with Crippen LogP contribution >= 0.6 is 0 Å². The van der Waals surface area contributed by atoms with Crippen LogP contribution in [-0.2, 0) is 11.8 Å². The van der Waals surface area contributed by atoms with Crippen molar-refractivity contribution in [2.45, 2.75) is 71.1 Å². The minimum atomic E-state index is 0.174. The largest absolute Gasteiger partial charge is 0.508 e. The molecule has 2 aliphatic carbocycles. The van der Waals surface area contributed by atoms with Gasteiger partial charge in [-0.15, -0.1) is 0 Å². The van der Waals surface area contributed by atoms with Crippen LogP contribution in [0.1, 0.15) is 76.0 Å². The van der Waals surface area contributed by atoms with Crippen LogP contribution in [0.2, 0.25) is 0 Å². The Morgan fingerprint density at radius 1 is 1.27 bits per heavy atom. The quantitative estimate of drug-likeness (QED) is 0.845. The van der Waals surface area contributed by atoms with Crippen molar-refractivity contribution in [2.75, 3.05) is 6.54 Å². The Morgan fingerprint density at radius 2 is 2.00 bits per heavy atom. The Balaban J connectivity index is 2.11. The highest BCUT2D eigenvalue weighted by Crippen LogP contribution is 2.57. The maximum atomic E-state index is 10.5. The zero-order chi connectivity index (χ0) is 16.1. The summed E-state index contributed by atoms with van der Waals surface area (Å²) in [4.78, 5) is 0. The molecular weight excluding hydrogens is 270 g/mol. The van der Waals surface area contributed by atoms with Crippen LogP contribution in [0.3, 0.4) is 0 Å². The molecule has 3 rings (SSSR count). The van der Waals surface area contributed by atoms with Gasteiger partial charge in [-0.25, -0.2) is 0 Å². The third-order valence-corrected chi connectivity index (χ3v) is 6.71. The van der Waals surface area contributed by atoms with Gasteiger partial charge in [-0.05, 0) is 77.7 Å². The van der Waals surface area contributed by atoms with Crippen LogP contribution in [0, 0.1) is 11.3 Å². The van der Waals surface area contributed by atoms with Gasteiger partial charge in [0.25, 0.3) is 0 Å². The normalized spacial score (nSPS) is 34.4. The van der Waals surface area contributed by atoms with E-state index in [2.05, 4.69) is 39.8 Å². The third kappa shape index (κ3) is 2.19. The van der Waals surface area contributed by atoms with Crippen LogP contribution in [0.4, 0.5) is 0 Å². The average Bonchev–Trinajstić information content (AvgIpc) is 2.47. The molecule has 1 saturated carbocycles. The first kappa shape index (κ1) is 15.9. The molecule has 1 aromatic carbocycles. The second kappa shape index (κ2) is 5.26. The van der Waals surface area contributed by atoms with Gasteiger partial charge in [0.1, 0.15) is 5.75 Å². The van der Waals surface area contributed by atoms with Crippen LogP contribution in [0.25, 0.3) is 0 Å². The van der Waals surface area contributed by atoms with E-state index in [1.54, 1.807) is 0 Å². The molecule has 0 heterocycles. The minimum absolute atomic E-state index is 0.174. The highest BCUT2D eigenvalue weighted by Gasteiger charge is 2.51. The molecular formula is C20H31NO. The van der Waals surface area contributed by atoms with Gasteiger partial charge >= 0.3 is 0 Å². The second-order valence-corrected chi connectivity index (χ2v) is 8.44. The molecule has 2 nitrogen and oxygen atoms in total. The van der Waals surface area contributed by atoms with E-state index < -0.39 is 0 Å². The summed E-state index contributed by atoms with van der Waals surface area (Å²) in [5, 5.41) is 10.5. The molecule has 0 aromatic heterocycles. The molecule has 0 saturated heterocycles.